The Balaban J connectivity index is 2.29. The van der Waals surface area contributed by atoms with Gasteiger partial charge in [-0.05, 0) is 29.3 Å². The van der Waals surface area contributed by atoms with Crippen molar-refractivity contribution in [1.82, 2.24) is 9.78 Å². The van der Waals surface area contributed by atoms with Crippen LogP contribution in [0.2, 0.25) is 0 Å². The maximum Gasteiger partial charge on any atom is 0.0645 e. The number of nitrogens with zero attached hydrogens (tertiary/aromatic N) is 2. The number of nitrogens with two attached hydrogens (primary N) is 1. The monoisotopic (exact) mass is 199 g/mol. The first-order valence-corrected chi connectivity index (χ1v) is 4.79. The molecule has 1 aromatic heterocycles. The van der Waals surface area contributed by atoms with Crippen molar-refractivity contribution in [2.24, 2.45) is 5.73 Å². The number of hydrogen-bond acceptors (Lipinski definition) is 2. The summed E-state index contributed by atoms with van der Waals surface area (Å²) in [4.78, 5) is 0. The molecule has 1 heterocycles. The van der Waals surface area contributed by atoms with Gasteiger partial charge in [-0.2, -0.15) is 5.10 Å². The van der Waals surface area contributed by atoms with Gasteiger partial charge >= 0.3 is 0 Å². The van der Waals surface area contributed by atoms with Crippen LogP contribution in [0, 0.1) is 0 Å². The molecule has 3 nitrogen and oxygen atoms in total. The predicted molar refractivity (Wildman–Crippen MR) is 61.7 cm³/mol. The molecule has 0 fully saturated rings. The summed E-state index contributed by atoms with van der Waals surface area (Å²) in [6.45, 7) is 4.38. The summed E-state index contributed by atoms with van der Waals surface area (Å²) in [5.74, 6) is 0. The molecule has 0 unspecified atom stereocenters. The van der Waals surface area contributed by atoms with Crippen molar-refractivity contribution in [1.29, 1.82) is 0 Å². The molecule has 0 aliphatic rings. The Bertz CT molecular complexity index is 440. The van der Waals surface area contributed by atoms with E-state index in [1.807, 2.05) is 41.2 Å². The first-order valence-electron chi connectivity index (χ1n) is 4.79. The van der Waals surface area contributed by atoms with Gasteiger partial charge in [-0.15, -0.1) is 0 Å². The van der Waals surface area contributed by atoms with E-state index < -0.39 is 0 Å². The van der Waals surface area contributed by atoms with E-state index in [4.69, 9.17) is 5.73 Å². The van der Waals surface area contributed by atoms with E-state index >= 15 is 0 Å². The van der Waals surface area contributed by atoms with E-state index in [1.54, 1.807) is 6.20 Å². The van der Waals surface area contributed by atoms with Gasteiger partial charge in [0.05, 0.1) is 5.69 Å². The summed E-state index contributed by atoms with van der Waals surface area (Å²) < 4.78 is 1.81. The Morgan fingerprint density at radius 2 is 2.07 bits per heavy atom. The molecule has 0 saturated heterocycles. The molecule has 0 aliphatic heterocycles. The SMILES string of the molecule is C=C(CN)c1ccc(-n2cccn2)cc1. The van der Waals surface area contributed by atoms with Crippen LogP contribution < -0.4 is 5.73 Å². The second-order valence-corrected chi connectivity index (χ2v) is 3.31. The minimum atomic E-state index is 0.487. The second kappa shape index (κ2) is 4.11. The predicted octanol–water partition coefficient (Wildman–Crippen LogP) is 1.84. The van der Waals surface area contributed by atoms with Crippen molar-refractivity contribution in [2.45, 2.75) is 0 Å². The van der Waals surface area contributed by atoms with Crippen LogP contribution in [-0.2, 0) is 0 Å². The zero-order valence-electron chi connectivity index (χ0n) is 8.43. The molecule has 0 radical (unpaired) electrons. The van der Waals surface area contributed by atoms with Crippen LogP contribution in [0.5, 0.6) is 0 Å². The molecule has 2 aromatic rings. The number of benzene rings is 1. The second-order valence-electron chi connectivity index (χ2n) is 3.31. The van der Waals surface area contributed by atoms with Crippen molar-refractivity contribution in [3.8, 4) is 5.69 Å². The molecule has 76 valence electrons. The molecule has 3 heteroatoms. The van der Waals surface area contributed by atoms with E-state index in [1.165, 1.54) is 0 Å². The van der Waals surface area contributed by atoms with Crippen LogP contribution in [0.1, 0.15) is 5.56 Å². The first kappa shape index (κ1) is 9.68. The Hall–Kier alpha value is -1.87. The fourth-order valence-corrected chi connectivity index (χ4v) is 1.39. The van der Waals surface area contributed by atoms with Gasteiger partial charge < -0.3 is 5.73 Å². The van der Waals surface area contributed by atoms with Gasteiger partial charge in [0, 0.05) is 18.9 Å². The largest absolute Gasteiger partial charge is 0.326 e. The lowest BCUT2D eigenvalue weighted by Crippen LogP contribution is -2.01. The lowest BCUT2D eigenvalue weighted by Gasteiger charge is -2.05. The third-order valence-electron chi connectivity index (χ3n) is 2.29. The van der Waals surface area contributed by atoms with Crippen LogP contribution >= 0.6 is 0 Å². The highest BCUT2D eigenvalue weighted by Gasteiger charge is 1.98. The number of aromatic nitrogens is 2. The zero-order chi connectivity index (χ0) is 10.7. The highest BCUT2D eigenvalue weighted by Crippen LogP contribution is 2.14. The summed E-state index contributed by atoms with van der Waals surface area (Å²) in [7, 11) is 0. The zero-order valence-corrected chi connectivity index (χ0v) is 8.43. The van der Waals surface area contributed by atoms with Crippen molar-refractivity contribution in [3.63, 3.8) is 0 Å². The van der Waals surface area contributed by atoms with Crippen molar-refractivity contribution in [3.05, 3.63) is 54.9 Å². The van der Waals surface area contributed by atoms with E-state index in [2.05, 4.69) is 11.7 Å². The van der Waals surface area contributed by atoms with E-state index in [0.29, 0.717) is 6.54 Å². The van der Waals surface area contributed by atoms with Crippen LogP contribution in [0.15, 0.2) is 49.3 Å². The Labute approximate surface area is 88.8 Å². The average Bonchev–Trinajstić information content (AvgIpc) is 2.82. The maximum absolute atomic E-state index is 5.52. The van der Waals surface area contributed by atoms with E-state index in [-0.39, 0.29) is 0 Å². The molecule has 0 aliphatic carbocycles. The van der Waals surface area contributed by atoms with Gasteiger partial charge in [-0.3, -0.25) is 0 Å². The van der Waals surface area contributed by atoms with Crippen molar-refractivity contribution >= 4 is 5.57 Å². The summed E-state index contributed by atoms with van der Waals surface area (Å²) in [5.41, 5.74) is 8.58. The smallest absolute Gasteiger partial charge is 0.0645 e. The standard InChI is InChI=1S/C12H13N3/c1-10(9-13)11-3-5-12(6-4-11)15-8-2-7-14-15/h2-8H,1,9,13H2. The Kier molecular flexibility index (Phi) is 2.65. The summed E-state index contributed by atoms with van der Waals surface area (Å²) in [6, 6.07) is 9.91. The molecule has 1 aromatic carbocycles. The van der Waals surface area contributed by atoms with E-state index in [9.17, 15) is 0 Å². The summed E-state index contributed by atoms with van der Waals surface area (Å²) >= 11 is 0. The molecule has 2 rings (SSSR count). The molecular weight excluding hydrogens is 186 g/mol. The molecular formula is C12H13N3. The Morgan fingerprint density at radius 3 is 2.60 bits per heavy atom. The van der Waals surface area contributed by atoms with Gasteiger partial charge in [0.25, 0.3) is 0 Å². The van der Waals surface area contributed by atoms with Crippen LogP contribution in [-0.4, -0.2) is 16.3 Å². The topological polar surface area (TPSA) is 43.8 Å². The molecule has 0 spiro atoms. The van der Waals surface area contributed by atoms with Gasteiger partial charge in [-0.25, -0.2) is 4.68 Å². The summed E-state index contributed by atoms with van der Waals surface area (Å²) in [5, 5.41) is 4.15. The van der Waals surface area contributed by atoms with Crippen LogP contribution in [0.25, 0.3) is 11.3 Å². The fourth-order valence-electron chi connectivity index (χ4n) is 1.39. The van der Waals surface area contributed by atoms with Gasteiger partial charge in [-0.1, -0.05) is 18.7 Å². The summed E-state index contributed by atoms with van der Waals surface area (Å²) in [6.07, 6.45) is 3.67. The molecule has 0 atom stereocenters. The third-order valence-corrected chi connectivity index (χ3v) is 2.29. The highest BCUT2D eigenvalue weighted by atomic mass is 15.3. The quantitative estimate of drug-likeness (QED) is 0.819. The minimum absolute atomic E-state index is 0.487. The van der Waals surface area contributed by atoms with Gasteiger partial charge in [0.2, 0.25) is 0 Å². The van der Waals surface area contributed by atoms with Crippen LogP contribution in [0.4, 0.5) is 0 Å². The average molecular weight is 199 g/mol. The molecule has 0 saturated carbocycles. The molecule has 0 amide bonds. The highest BCUT2D eigenvalue weighted by molar-refractivity contribution is 5.65. The molecule has 15 heavy (non-hydrogen) atoms. The molecule has 0 bridgehead atoms. The number of rotatable bonds is 3. The Morgan fingerprint density at radius 1 is 1.33 bits per heavy atom. The van der Waals surface area contributed by atoms with Crippen molar-refractivity contribution in [2.75, 3.05) is 6.54 Å². The van der Waals surface area contributed by atoms with Crippen LogP contribution in [0.3, 0.4) is 0 Å². The lowest BCUT2D eigenvalue weighted by atomic mass is 10.1. The van der Waals surface area contributed by atoms with Gasteiger partial charge in [0.15, 0.2) is 0 Å². The van der Waals surface area contributed by atoms with Gasteiger partial charge in [0.1, 0.15) is 0 Å². The minimum Gasteiger partial charge on any atom is -0.326 e. The molecule has 2 N–H and O–H groups in total. The lowest BCUT2D eigenvalue weighted by molar-refractivity contribution is 0.880. The fraction of sp³-hybridized carbons (Fsp3) is 0.0833. The van der Waals surface area contributed by atoms with Crippen molar-refractivity contribution < 1.29 is 0 Å². The first-order chi connectivity index (χ1) is 7.31. The number of hydrogen-bond donors (Lipinski definition) is 1. The normalized spacial score (nSPS) is 10.2. The maximum atomic E-state index is 5.52. The van der Waals surface area contributed by atoms with E-state index in [0.717, 1.165) is 16.8 Å². The third kappa shape index (κ3) is 1.97.